The van der Waals surface area contributed by atoms with Gasteiger partial charge in [0.05, 0.1) is 18.1 Å². The second kappa shape index (κ2) is 7.41. The summed E-state index contributed by atoms with van der Waals surface area (Å²) < 4.78 is 0.913. The predicted molar refractivity (Wildman–Crippen MR) is 97.0 cm³/mol. The van der Waals surface area contributed by atoms with Gasteiger partial charge in [0, 0.05) is 15.8 Å². The molecule has 2 aromatic carbocycles. The monoisotopic (exact) mass is 404 g/mol. The van der Waals surface area contributed by atoms with E-state index >= 15 is 0 Å². The van der Waals surface area contributed by atoms with Crippen LogP contribution in [0.1, 0.15) is 27.9 Å². The molecule has 0 aliphatic rings. The van der Waals surface area contributed by atoms with Crippen LogP contribution in [-0.4, -0.2) is 12.5 Å². The highest BCUT2D eigenvalue weighted by Crippen LogP contribution is 2.23. The maximum Gasteiger partial charge on any atom is 0.259 e. The average molecular weight is 404 g/mol. The standard InChI is InChI=1S/C18H17IN2O/c1-13-8-9-15(12-14(13)2)21(11-5-10-20)18(22)16-6-3-4-7-17(16)19/h3-4,6-9,12H,5,11H2,1-2H3. The second-order valence-corrected chi connectivity index (χ2v) is 6.28. The van der Waals surface area contributed by atoms with Crippen LogP contribution in [0.2, 0.25) is 0 Å². The van der Waals surface area contributed by atoms with Crippen molar-refractivity contribution in [2.24, 2.45) is 0 Å². The molecular formula is C18H17IN2O. The third-order valence-electron chi connectivity index (χ3n) is 3.60. The van der Waals surface area contributed by atoms with Crippen LogP contribution in [0.5, 0.6) is 0 Å². The Morgan fingerprint density at radius 1 is 1.18 bits per heavy atom. The fourth-order valence-corrected chi connectivity index (χ4v) is 2.80. The summed E-state index contributed by atoms with van der Waals surface area (Å²) in [6, 6.07) is 15.6. The van der Waals surface area contributed by atoms with Gasteiger partial charge in [-0.25, -0.2) is 0 Å². The summed E-state index contributed by atoms with van der Waals surface area (Å²) in [5.41, 5.74) is 3.82. The maximum atomic E-state index is 12.9. The fourth-order valence-electron chi connectivity index (χ4n) is 2.18. The lowest BCUT2D eigenvalue weighted by atomic mass is 10.1. The van der Waals surface area contributed by atoms with E-state index in [1.807, 2.05) is 56.3 Å². The number of hydrogen-bond acceptors (Lipinski definition) is 2. The summed E-state index contributed by atoms with van der Waals surface area (Å²) in [7, 11) is 0. The van der Waals surface area contributed by atoms with Gasteiger partial charge in [-0.1, -0.05) is 18.2 Å². The van der Waals surface area contributed by atoms with Gasteiger partial charge in [0.1, 0.15) is 0 Å². The minimum absolute atomic E-state index is 0.0662. The lowest BCUT2D eigenvalue weighted by Crippen LogP contribution is -2.32. The van der Waals surface area contributed by atoms with Crippen LogP contribution in [-0.2, 0) is 0 Å². The first-order valence-electron chi connectivity index (χ1n) is 7.05. The van der Waals surface area contributed by atoms with Crippen LogP contribution in [0.4, 0.5) is 5.69 Å². The highest BCUT2D eigenvalue weighted by molar-refractivity contribution is 14.1. The normalized spacial score (nSPS) is 10.1. The minimum Gasteiger partial charge on any atom is -0.307 e. The molecule has 0 aliphatic carbocycles. The van der Waals surface area contributed by atoms with Crippen LogP contribution >= 0.6 is 22.6 Å². The zero-order chi connectivity index (χ0) is 16.1. The van der Waals surface area contributed by atoms with E-state index in [1.165, 1.54) is 5.56 Å². The molecule has 0 unspecified atom stereocenters. The van der Waals surface area contributed by atoms with Gasteiger partial charge in [0.15, 0.2) is 0 Å². The number of carbonyl (C=O) groups excluding carboxylic acids is 1. The average Bonchev–Trinajstić information content (AvgIpc) is 2.51. The summed E-state index contributed by atoms with van der Waals surface area (Å²) in [6.45, 7) is 4.46. The van der Waals surface area contributed by atoms with Crippen LogP contribution in [0.25, 0.3) is 0 Å². The maximum absolute atomic E-state index is 12.9. The Hall–Kier alpha value is -1.87. The molecule has 4 heteroatoms. The molecule has 0 N–H and O–H groups in total. The van der Waals surface area contributed by atoms with Crippen molar-refractivity contribution < 1.29 is 4.79 Å². The molecule has 0 heterocycles. The summed E-state index contributed by atoms with van der Waals surface area (Å²) in [4.78, 5) is 14.6. The summed E-state index contributed by atoms with van der Waals surface area (Å²) in [6.07, 6.45) is 0.308. The van der Waals surface area contributed by atoms with Crippen molar-refractivity contribution in [3.8, 4) is 6.07 Å². The Kier molecular flexibility index (Phi) is 5.56. The molecular weight excluding hydrogens is 387 g/mol. The van der Waals surface area contributed by atoms with Gasteiger partial charge in [-0.2, -0.15) is 5.26 Å². The van der Waals surface area contributed by atoms with E-state index in [0.717, 1.165) is 14.8 Å². The minimum atomic E-state index is -0.0662. The van der Waals surface area contributed by atoms with E-state index in [1.54, 1.807) is 4.90 Å². The molecule has 0 bridgehead atoms. The van der Waals surface area contributed by atoms with Gasteiger partial charge in [0.2, 0.25) is 0 Å². The number of carbonyl (C=O) groups is 1. The van der Waals surface area contributed by atoms with Gasteiger partial charge >= 0.3 is 0 Å². The van der Waals surface area contributed by atoms with Crippen molar-refractivity contribution in [2.75, 3.05) is 11.4 Å². The first-order chi connectivity index (χ1) is 10.5. The zero-order valence-electron chi connectivity index (χ0n) is 12.6. The molecule has 0 radical (unpaired) electrons. The number of aryl methyl sites for hydroxylation is 2. The molecule has 1 amide bonds. The Balaban J connectivity index is 2.41. The zero-order valence-corrected chi connectivity index (χ0v) is 14.8. The number of anilines is 1. The molecule has 0 aromatic heterocycles. The van der Waals surface area contributed by atoms with E-state index in [2.05, 4.69) is 28.7 Å². The largest absolute Gasteiger partial charge is 0.307 e. The highest BCUT2D eigenvalue weighted by Gasteiger charge is 2.19. The van der Waals surface area contributed by atoms with E-state index in [4.69, 9.17) is 5.26 Å². The SMILES string of the molecule is Cc1ccc(N(CCC#N)C(=O)c2ccccc2I)cc1C. The van der Waals surface area contributed by atoms with Crippen molar-refractivity contribution in [1.29, 1.82) is 5.26 Å². The smallest absolute Gasteiger partial charge is 0.259 e. The number of hydrogen-bond donors (Lipinski definition) is 0. The van der Waals surface area contributed by atoms with Crippen LogP contribution in [0, 0.1) is 28.7 Å². The molecule has 2 rings (SSSR count). The predicted octanol–water partition coefficient (Wildman–Crippen LogP) is 4.47. The first kappa shape index (κ1) is 16.5. The van der Waals surface area contributed by atoms with Gasteiger partial charge in [-0.05, 0) is 71.8 Å². The third-order valence-corrected chi connectivity index (χ3v) is 4.54. The van der Waals surface area contributed by atoms with Crippen LogP contribution in [0.3, 0.4) is 0 Å². The molecule has 0 saturated heterocycles. The van der Waals surface area contributed by atoms with Crippen molar-refractivity contribution in [3.05, 3.63) is 62.7 Å². The third kappa shape index (κ3) is 3.66. The lowest BCUT2D eigenvalue weighted by molar-refractivity contribution is 0.0986. The number of nitrogens with zero attached hydrogens (tertiary/aromatic N) is 2. The number of amides is 1. The molecule has 0 spiro atoms. The van der Waals surface area contributed by atoms with Crippen molar-refractivity contribution >= 4 is 34.2 Å². The van der Waals surface area contributed by atoms with E-state index in [-0.39, 0.29) is 5.91 Å². The topological polar surface area (TPSA) is 44.1 Å². The fraction of sp³-hybridized carbons (Fsp3) is 0.222. The Labute approximate surface area is 144 Å². The molecule has 0 fully saturated rings. The molecule has 2 aromatic rings. The summed E-state index contributed by atoms with van der Waals surface area (Å²) >= 11 is 2.17. The lowest BCUT2D eigenvalue weighted by Gasteiger charge is -2.23. The first-order valence-corrected chi connectivity index (χ1v) is 8.13. The highest BCUT2D eigenvalue weighted by atomic mass is 127. The Morgan fingerprint density at radius 3 is 2.55 bits per heavy atom. The molecule has 0 aliphatic heterocycles. The molecule has 3 nitrogen and oxygen atoms in total. The van der Waals surface area contributed by atoms with Gasteiger partial charge in [0.25, 0.3) is 5.91 Å². The van der Waals surface area contributed by atoms with E-state index in [0.29, 0.717) is 18.5 Å². The second-order valence-electron chi connectivity index (χ2n) is 5.11. The van der Waals surface area contributed by atoms with Gasteiger partial charge < -0.3 is 4.90 Å². The summed E-state index contributed by atoms with van der Waals surface area (Å²) in [5, 5.41) is 8.88. The van der Waals surface area contributed by atoms with Crippen LogP contribution in [0.15, 0.2) is 42.5 Å². The van der Waals surface area contributed by atoms with Crippen LogP contribution < -0.4 is 4.90 Å². The number of halogens is 1. The van der Waals surface area contributed by atoms with E-state index in [9.17, 15) is 4.79 Å². The summed E-state index contributed by atoms with van der Waals surface area (Å²) in [5.74, 6) is -0.0662. The molecule has 112 valence electrons. The van der Waals surface area contributed by atoms with Gasteiger partial charge in [-0.15, -0.1) is 0 Å². The Bertz CT molecular complexity index is 734. The van der Waals surface area contributed by atoms with Gasteiger partial charge in [-0.3, -0.25) is 4.79 Å². The van der Waals surface area contributed by atoms with E-state index < -0.39 is 0 Å². The van der Waals surface area contributed by atoms with Crippen molar-refractivity contribution in [1.82, 2.24) is 0 Å². The molecule has 0 saturated carbocycles. The Morgan fingerprint density at radius 2 is 1.91 bits per heavy atom. The molecule has 0 atom stereocenters. The van der Waals surface area contributed by atoms with Crippen molar-refractivity contribution in [3.63, 3.8) is 0 Å². The number of rotatable bonds is 4. The quantitative estimate of drug-likeness (QED) is 0.706. The molecule has 22 heavy (non-hydrogen) atoms. The number of benzene rings is 2. The number of nitriles is 1. The van der Waals surface area contributed by atoms with Crippen molar-refractivity contribution in [2.45, 2.75) is 20.3 Å².